The quantitative estimate of drug-likeness (QED) is 0.394. The lowest BCUT2D eigenvalue weighted by atomic mass is 9.97. The van der Waals surface area contributed by atoms with E-state index in [0.717, 1.165) is 68.9 Å². The Hall–Kier alpha value is -3.54. The first kappa shape index (κ1) is 28.0. The van der Waals surface area contributed by atoms with Crippen LogP contribution in [0.2, 0.25) is 0 Å². The van der Waals surface area contributed by atoms with Crippen LogP contribution in [0.5, 0.6) is 11.6 Å². The highest BCUT2D eigenvalue weighted by Crippen LogP contribution is 2.31. The second-order valence-corrected chi connectivity index (χ2v) is 11.2. The summed E-state index contributed by atoms with van der Waals surface area (Å²) in [4.78, 5) is 26.4. The van der Waals surface area contributed by atoms with Crippen LogP contribution in [0.25, 0.3) is 11.3 Å². The zero-order valence-corrected chi connectivity index (χ0v) is 23.9. The number of anilines is 1. The van der Waals surface area contributed by atoms with Gasteiger partial charge in [0, 0.05) is 49.8 Å². The number of carbonyl (C=O) groups is 1. The number of ether oxygens (including phenoxy) is 2. The van der Waals surface area contributed by atoms with Crippen molar-refractivity contribution in [1.29, 1.82) is 0 Å². The number of hydrogen-bond donors (Lipinski definition) is 2. The van der Waals surface area contributed by atoms with E-state index in [4.69, 9.17) is 15.2 Å². The van der Waals surface area contributed by atoms with Gasteiger partial charge in [0.15, 0.2) is 11.6 Å². The summed E-state index contributed by atoms with van der Waals surface area (Å²) in [6.45, 7) is 10.3. The molecule has 2 saturated heterocycles. The summed E-state index contributed by atoms with van der Waals surface area (Å²) in [5.74, 6) is 1.62. The predicted molar refractivity (Wildman–Crippen MR) is 154 cm³/mol. The lowest BCUT2D eigenvalue weighted by Gasteiger charge is -2.36. The molecule has 2 fully saturated rings. The molecular formula is C29H40N8O3. The summed E-state index contributed by atoms with van der Waals surface area (Å²) in [7, 11) is 3.96. The fourth-order valence-corrected chi connectivity index (χ4v) is 5.35. The van der Waals surface area contributed by atoms with E-state index in [0.29, 0.717) is 35.5 Å². The summed E-state index contributed by atoms with van der Waals surface area (Å²) in [6, 6.07) is 4.23. The maximum atomic E-state index is 12.8. The zero-order valence-electron chi connectivity index (χ0n) is 23.9. The summed E-state index contributed by atoms with van der Waals surface area (Å²) in [5, 5.41) is 7.56. The van der Waals surface area contributed by atoms with Gasteiger partial charge in [0.2, 0.25) is 0 Å². The number of nitrogen functional groups attached to an aromatic ring is 1. The van der Waals surface area contributed by atoms with Crippen LogP contribution >= 0.6 is 0 Å². The van der Waals surface area contributed by atoms with Gasteiger partial charge in [0.1, 0.15) is 0 Å². The predicted octanol–water partition coefficient (Wildman–Crippen LogP) is 2.91. The van der Waals surface area contributed by atoms with Crippen LogP contribution in [-0.2, 0) is 4.74 Å². The molecule has 11 heteroatoms. The maximum Gasteiger partial charge on any atom is 0.263 e. The minimum Gasteiger partial charge on any atom is -0.433 e. The molecule has 0 aliphatic carbocycles. The number of piperidine rings is 1. The maximum absolute atomic E-state index is 12.8. The minimum atomic E-state index is -0.0773. The third-order valence-electron chi connectivity index (χ3n) is 7.61. The standard InChI is InChI=1S/C29H40N8O3/c1-19-11-22(12-20(2)26(19)28(38)31-7-10-35(3)4)25-14-32-27(30)29(34-25)40-24-13-33-37(16-24)23-5-8-36(9-6-23)15-21-17-39-18-21/h11-14,16,21,23H,5-10,15,17-18H2,1-4H3,(H2,30,32)(H,31,38). The topological polar surface area (TPSA) is 124 Å². The van der Waals surface area contributed by atoms with Crippen LogP contribution in [0, 0.1) is 19.8 Å². The van der Waals surface area contributed by atoms with E-state index in [-0.39, 0.29) is 17.6 Å². The van der Waals surface area contributed by atoms with E-state index < -0.39 is 0 Å². The highest BCUT2D eigenvalue weighted by molar-refractivity contribution is 5.97. The number of hydrogen-bond acceptors (Lipinski definition) is 9. The molecule has 2 aliphatic heterocycles. The van der Waals surface area contributed by atoms with Gasteiger partial charge in [-0.15, -0.1) is 0 Å². The van der Waals surface area contributed by atoms with Gasteiger partial charge in [-0.3, -0.25) is 9.48 Å². The molecule has 40 heavy (non-hydrogen) atoms. The molecule has 3 aromatic rings. The van der Waals surface area contributed by atoms with Crippen LogP contribution in [0.3, 0.4) is 0 Å². The second-order valence-electron chi connectivity index (χ2n) is 11.2. The van der Waals surface area contributed by atoms with Gasteiger partial charge < -0.3 is 30.3 Å². The summed E-state index contributed by atoms with van der Waals surface area (Å²) in [6.07, 6.45) is 7.33. The molecule has 5 rings (SSSR count). The number of aryl methyl sites for hydroxylation is 2. The molecule has 11 nitrogen and oxygen atoms in total. The van der Waals surface area contributed by atoms with Crippen LogP contribution in [-0.4, -0.2) is 95.5 Å². The number of amides is 1. The highest BCUT2D eigenvalue weighted by Gasteiger charge is 2.26. The van der Waals surface area contributed by atoms with Gasteiger partial charge in [-0.25, -0.2) is 9.97 Å². The third kappa shape index (κ3) is 6.60. The number of nitrogens with one attached hydrogen (secondary N) is 1. The van der Waals surface area contributed by atoms with Crippen molar-refractivity contribution >= 4 is 11.7 Å². The van der Waals surface area contributed by atoms with Crippen LogP contribution in [0.4, 0.5) is 5.82 Å². The summed E-state index contributed by atoms with van der Waals surface area (Å²) >= 11 is 0. The lowest BCUT2D eigenvalue weighted by Crippen LogP contribution is -2.43. The van der Waals surface area contributed by atoms with E-state index >= 15 is 0 Å². The van der Waals surface area contributed by atoms with Crippen LogP contribution < -0.4 is 15.8 Å². The zero-order chi connectivity index (χ0) is 28.2. The molecule has 3 N–H and O–H groups in total. The molecule has 4 heterocycles. The molecule has 0 radical (unpaired) electrons. The Kier molecular flexibility index (Phi) is 8.63. The van der Waals surface area contributed by atoms with E-state index in [1.165, 1.54) is 0 Å². The Morgan fingerprint density at radius 2 is 1.90 bits per heavy atom. The van der Waals surface area contributed by atoms with Crippen LogP contribution in [0.1, 0.15) is 40.4 Å². The van der Waals surface area contributed by atoms with Gasteiger partial charge in [-0.05, 0) is 64.0 Å². The molecule has 1 aromatic carbocycles. The van der Waals surface area contributed by atoms with E-state index in [2.05, 4.69) is 25.3 Å². The Morgan fingerprint density at radius 1 is 1.18 bits per heavy atom. The molecular weight excluding hydrogens is 508 g/mol. The van der Waals surface area contributed by atoms with E-state index in [1.54, 1.807) is 12.4 Å². The number of benzene rings is 1. The molecule has 0 atom stereocenters. The molecule has 214 valence electrons. The first-order valence-corrected chi connectivity index (χ1v) is 14.0. The van der Waals surface area contributed by atoms with Gasteiger partial charge >= 0.3 is 0 Å². The van der Waals surface area contributed by atoms with Gasteiger partial charge in [-0.2, -0.15) is 5.10 Å². The molecule has 2 aliphatic rings. The number of aromatic nitrogens is 4. The monoisotopic (exact) mass is 548 g/mol. The van der Waals surface area contributed by atoms with Crippen LogP contribution in [0.15, 0.2) is 30.7 Å². The fraction of sp³-hybridized carbons (Fsp3) is 0.517. The summed E-state index contributed by atoms with van der Waals surface area (Å²) in [5.41, 5.74) is 10.0. The highest BCUT2D eigenvalue weighted by atomic mass is 16.5. The number of likely N-dealkylation sites (tertiary alicyclic amines) is 1. The third-order valence-corrected chi connectivity index (χ3v) is 7.61. The Morgan fingerprint density at radius 3 is 2.55 bits per heavy atom. The second kappa shape index (κ2) is 12.3. The van der Waals surface area contributed by atoms with Crippen molar-refractivity contribution in [1.82, 2.24) is 34.9 Å². The van der Waals surface area contributed by atoms with Crippen molar-refractivity contribution < 1.29 is 14.3 Å². The van der Waals surface area contributed by atoms with Crippen molar-refractivity contribution in [2.75, 3.05) is 65.8 Å². The van der Waals surface area contributed by atoms with E-state index in [9.17, 15) is 4.79 Å². The van der Waals surface area contributed by atoms with E-state index in [1.807, 2.05) is 55.9 Å². The molecule has 0 bridgehead atoms. The molecule has 0 spiro atoms. The number of carbonyl (C=O) groups excluding carboxylic acids is 1. The van der Waals surface area contributed by atoms with Crippen molar-refractivity contribution in [2.24, 2.45) is 5.92 Å². The van der Waals surface area contributed by atoms with Crippen molar-refractivity contribution in [3.63, 3.8) is 0 Å². The van der Waals surface area contributed by atoms with Gasteiger partial charge in [-0.1, -0.05) is 0 Å². The number of nitrogens with zero attached hydrogens (tertiary/aromatic N) is 6. The Balaban J connectivity index is 1.24. The molecule has 0 saturated carbocycles. The fourth-order valence-electron chi connectivity index (χ4n) is 5.35. The molecule has 1 amide bonds. The number of nitrogens with two attached hydrogens (primary N) is 1. The first-order valence-electron chi connectivity index (χ1n) is 14.0. The normalized spacial score (nSPS) is 16.7. The smallest absolute Gasteiger partial charge is 0.263 e. The molecule has 0 unspecified atom stereocenters. The lowest BCUT2D eigenvalue weighted by molar-refractivity contribution is -0.0495. The average Bonchev–Trinajstić information content (AvgIpc) is 3.36. The Bertz CT molecular complexity index is 1310. The number of likely N-dealkylation sites (N-methyl/N-ethyl adjacent to an activating group) is 1. The molecule has 2 aromatic heterocycles. The minimum absolute atomic E-state index is 0.0773. The van der Waals surface area contributed by atoms with Gasteiger partial charge in [0.25, 0.3) is 11.8 Å². The number of rotatable bonds is 10. The van der Waals surface area contributed by atoms with Crippen molar-refractivity contribution in [3.05, 3.63) is 47.4 Å². The first-order chi connectivity index (χ1) is 19.3. The van der Waals surface area contributed by atoms with Crippen molar-refractivity contribution in [3.8, 4) is 22.9 Å². The SMILES string of the molecule is Cc1cc(-c2cnc(N)c(Oc3cnn(C4CCN(CC5COC5)CC4)c3)n2)cc(C)c1C(=O)NCCN(C)C. The average molecular weight is 549 g/mol. The largest absolute Gasteiger partial charge is 0.433 e. The Labute approximate surface area is 235 Å². The van der Waals surface area contributed by atoms with Gasteiger partial charge in [0.05, 0.1) is 43.5 Å². The summed E-state index contributed by atoms with van der Waals surface area (Å²) < 4.78 is 13.3. The van der Waals surface area contributed by atoms with Crippen molar-refractivity contribution in [2.45, 2.75) is 32.7 Å².